The van der Waals surface area contributed by atoms with Gasteiger partial charge in [0.15, 0.2) is 0 Å². The summed E-state index contributed by atoms with van der Waals surface area (Å²) in [7, 11) is 1.78. The van der Waals surface area contributed by atoms with Crippen LogP contribution in [0.1, 0.15) is 15.9 Å². The third-order valence-electron chi connectivity index (χ3n) is 3.65. The van der Waals surface area contributed by atoms with Crippen LogP contribution in [0.25, 0.3) is 11.0 Å². The van der Waals surface area contributed by atoms with Gasteiger partial charge in [-0.2, -0.15) is 5.26 Å². The van der Waals surface area contributed by atoms with E-state index in [1.807, 2.05) is 12.3 Å². The average Bonchev–Trinajstić information content (AvgIpc) is 2.90. The van der Waals surface area contributed by atoms with Crippen molar-refractivity contribution < 1.29 is 4.79 Å². The van der Waals surface area contributed by atoms with Crippen molar-refractivity contribution in [3.63, 3.8) is 0 Å². The van der Waals surface area contributed by atoms with Crippen LogP contribution in [0.3, 0.4) is 0 Å². The van der Waals surface area contributed by atoms with Gasteiger partial charge in [-0.3, -0.25) is 10.1 Å². The van der Waals surface area contributed by atoms with Crippen LogP contribution in [0.15, 0.2) is 41.3 Å². The Balaban J connectivity index is 1.97. The van der Waals surface area contributed by atoms with E-state index in [1.54, 1.807) is 41.9 Å². The monoisotopic (exact) mass is 356 g/mol. The molecule has 1 aromatic heterocycles. The fourth-order valence-corrected chi connectivity index (χ4v) is 2.99. The molecule has 3 aromatic rings. The van der Waals surface area contributed by atoms with Crippen LogP contribution >= 0.6 is 23.4 Å². The number of thioether (sulfide) groups is 1. The lowest BCUT2D eigenvalue weighted by atomic mass is 10.2. The van der Waals surface area contributed by atoms with Crippen molar-refractivity contribution in [2.24, 2.45) is 7.05 Å². The Morgan fingerprint density at radius 2 is 2.12 bits per heavy atom. The van der Waals surface area contributed by atoms with Crippen LogP contribution in [0, 0.1) is 11.3 Å². The lowest BCUT2D eigenvalue weighted by Gasteiger charge is -2.08. The van der Waals surface area contributed by atoms with Crippen LogP contribution in [0.2, 0.25) is 5.02 Å². The Bertz CT molecular complexity index is 990. The van der Waals surface area contributed by atoms with Gasteiger partial charge >= 0.3 is 0 Å². The number of aryl methyl sites for hydroxylation is 1. The number of halogens is 1. The van der Waals surface area contributed by atoms with Crippen molar-refractivity contribution in [3.05, 3.63) is 52.5 Å². The third kappa shape index (κ3) is 2.96. The minimum Gasteiger partial charge on any atom is -0.313 e. The average molecular weight is 357 g/mol. The minimum atomic E-state index is -0.324. The van der Waals surface area contributed by atoms with E-state index in [2.05, 4.69) is 16.4 Å². The molecule has 7 heteroatoms. The van der Waals surface area contributed by atoms with E-state index < -0.39 is 0 Å². The van der Waals surface area contributed by atoms with Crippen LogP contribution in [-0.2, 0) is 7.05 Å². The van der Waals surface area contributed by atoms with Crippen LogP contribution < -0.4 is 5.32 Å². The Morgan fingerprint density at radius 1 is 1.33 bits per heavy atom. The van der Waals surface area contributed by atoms with Crippen LogP contribution in [0.5, 0.6) is 0 Å². The topological polar surface area (TPSA) is 70.7 Å². The molecule has 1 amide bonds. The number of nitrogens with one attached hydrogen (secondary N) is 1. The molecule has 0 atom stereocenters. The van der Waals surface area contributed by atoms with Gasteiger partial charge in [0.05, 0.1) is 33.3 Å². The van der Waals surface area contributed by atoms with Gasteiger partial charge in [0.1, 0.15) is 0 Å². The van der Waals surface area contributed by atoms with Gasteiger partial charge in [-0.25, -0.2) is 4.98 Å². The maximum atomic E-state index is 12.5. The number of hydrogen-bond acceptors (Lipinski definition) is 4. The van der Waals surface area contributed by atoms with Crippen molar-refractivity contribution in [1.82, 2.24) is 9.55 Å². The predicted octanol–water partition coefficient (Wildman–Crippen LogP) is 4.07. The molecule has 0 saturated heterocycles. The normalized spacial score (nSPS) is 10.6. The number of amides is 1. The van der Waals surface area contributed by atoms with Crippen LogP contribution in [-0.4, -0.2) is 21.7 Å². The maximum Gasteiger partial charge on any atom is 0.259 e. The Morgan fingerprint density at radius 3 is 2.83 bits per heavy atom. The number of carbonyl (C=O) groups excluding carboxylic acids is 1. The second-order valence-corrected chi connectivity index (χ2v) is 6.40. The standard InChI is InChI=1S/C17H13ClN4OS/c1-22-15-7-10(9-19)3-6-14(15)20-17(22)21-16(23)12-8-11(24-2)4-5-13(12)18/h3-8H,1-2H3,(H,20,21,23). The summed E-state index contributed by atoms with van der Waals surface area (Å²) < 4.78 is 1.74. The lowest BCUT2D eigenvalue weighted by molar-refractivity contribution is 0.102. The molecule has 0 bridgehead atoms. The largest absolute Gasteiger partial charge is 0.313 e. The van der Waals surface area contributed by atoms with Gasteiger partial charge in [0.2, 0.25) is 5.95 Å². The van der Waals surface area contributed by atoms with Crippen molar-refractivity contribution in [2.45, 2.75) is 4.90 Å². The van der Waals surface area contributed by atoms with Crippen LogP contribution in [0.4, 0.5) is 5.95 Å². The Labute approximate surface area is 148 Å². The molecule has 0 saturated carbocycles. The maximum absolute atomic E-state index is 12.5. The first-order chi connectivity index (χ1) is 11.5. The van der Waals surface area contributed by atoms with E-state index in [-0.39, 0.29) is 5.91 Å². The number of fused-ring (bicyclic) bond motifs is 1. The highest BCUT2D eigenvalue weighted by atomic mass is 35.5. The summed E-state index contributed by atoms with van der Waals surface area (Å²) in [6.07, 6.45) is 1.93. The molecular weight excluding hydrogens is 344 g/mol. The summed E-state index contributed by atoms with van der Waals surface area (Å²) in [5.41, 5.74) is 2.41. The zero-order valence-corrected chi connectivity index (χ0v) is 14.6. The Kier molecular flexibility index (Phi) is 4.47. The summed E-state index contributed by atoms with van der Waals surface area (Å²) in [4.78, 5) is 17.9. The molecule has 0 radical (unpaired) electrons. The molecule has 1 heterocycles. The quantitative estimate of drug-likeness (QED) is 0.718. The number of nitriles is 1. The highest BCUT2D eigenvalue weighted by Gasteiger charge is 2.15. The Hall–Kier alpha value is -2.49. The molecule has 2 aromatic carbocycles. The lowest BCUT2D eigenvalue weighted by Crippen LogP contribution is -2.15. The van der Waals surface area contributed by atoms with Crippen molar-refractivity contribution in [3.8, 4) is 6.07 Å². The second-order valence-electron chi connectivity index (χ2n) is 5.11. The van der Waals surface area contributed by atoms with E-state index in [4.69, 9.17) is 16.9 Å². The zero-order chi connectivity index (χ0) is 17.3. The molecule has 0 aliphatic carbocycles. The zero-order valence-electron chi connectivity index (χ0n) is 13.0. The number of rotatable bonds is 3. The van der Waals surface area contributed by atoms with E-state index in [0.29, 0.717) is 27.6 Å². The summed E-state index contributed by atoms with van der Waals surface area (Å²) in [6, 6.07) is 12.6. The molecule has 24 heavy (non-hydrogen) atoms. The second kappa shape index (κ2) is 6.56. The smallest absolute Gasteiger partial charge is 0.259 e. The molecule has 3 rings (SSSR count). The number of hydrogen-bond donors (Lipinski definition) is 1. The molecule has 0 unspecified atom stereocenters. The number of benzene rings is 2. The van der Waals surface area contributed by atoms with E-state index >= 15 is 0 Å². The van der Waals surface area contributed by atoms with Crippen molar-refractivity contribution in [1.29, 1.82) is 5.26 Å². The van der Waals surface area contributed by atoms with Gasteiger partial charge in [-0.1, -0.05) is 11.6 Å². The minimum absolute atomic E-state index is 0.324. The van der Waals surface area contributed by atoms with E-state index in [0.717, 1.165) is 10.4 Å². The first-order valence-corrected chi connectivity index (χ1v) is 8.65. The SMILES string of the molecule is CSc1ccc(Cl)c(C(=O)Nc2nc3ccc(C#N)cc3n2C)c1. The number of aromatic nitrogens is 2. The predicted molar refractivity (Wildman–Crippen MR) is 96.6 cm³/mol. The van der Waals surface area contributed by atoms with Crippen molar-refractivity contribution in [2.75, 3.05) is 11.6 Å². The van der Waals surface area contributed by atoms with Gasteiger partial charge < -0.3 is 4.57 Å². The molecule has 0 spiro atoms. The molecule has 1 N–H and O–H groups in total. The molecule has 0 aliphatic rings. The molecule has 0 aliphatic heterocycles. The molecule has 0 fully saturated rings. The first kappa shape index (κ1) is 16.4. The third-order valence-corrected chi connectivity index (χ3v) is 4.71. The van der Waals surface area contributed by atoms with Gasteiger partial charge in [0, 0.05) is 11.9 Å². The van der Waals surface area contributed by atoms with Gasteiger partial charge in [-0.15, -0.1) is 11.8 Å². The highest BCUT2D eigenvalue weighted by Crippen LogP contribution is 2.25. The summed E-state index contributed by atoms with van der Waals surface area (Å²) >= 11 is 7.68. The summed E-state index contributed by atoms with van der Waals surface area (Å²) in [5.74, 6) is 0.0746. The molecule has 120 valence electrons. The summed E-state index contributed by atoms with van der Waals surface area (Å²) in [6.45, 7) is 0. The fraction of sp³-hybridized carbons (Fsp3) is 0.118. The fourth-order valence-electron chi connectivity index (χ4n) is 2.35. The number of imidazole rings is 1. The van der Waals surface area contributed by atoms with E-state index in [1.165, 1.54) is 11.8 Å². The molecular formula is C17H13ClN4OS. The summed E-state index contributed by atoms with van der Waals surface area (Å²) in [5, 5.41) is 12.2. The number of nitrogens with zero attached hydrogens (tertiary/aromatic N) is 3. The number of carbonyl (C=O) groups is 1. The van der Waals surface area contributed by atoms with E-state index in [9.17, 15) is 4.79 Å². The number of anilines is 1. The molecule has 5 nitrogen and oxygen atoms in total. The van der Waals surface area contributed by atoms with Crippen molar-refractivity contribution >= 4 is 46.3 Å². The first-order valence-electron chi connectivity index (χ1n) is 7.05. The van der Waals surface area contributed by atoms with Gasteiger partial charge in [0.25, 0.3) is 5.91 Å². The highest BCUT2D eigenvalue weighted by molar-refractivity contribution is 7.98. The van der Waals surface area contributed by atoms with Gasteiger partial charge in [-0.05, 0) is 42.7 Å².